The van der Waals surface area contributed by atoms with E-state index in [1.54, 1.807) is 17.9 Å². The lowest BCUT2D eigenvalue weighted by Crippen LogP contribution is -2.41. The van der Waals surface area contributed by atoms with Gasteiger partial charge in [-0.25, -0.2) is 4.39 Å². The van der Waals surface area contributed by atoms with Gasteiger partial charge in [0.15, 0.2) is 0 Å². The highest BCUT2D eigenvalue weighted by Crippen LogP contribution is 2.35. The average molecular weight is 433 g/mol. The maximum Gasteiger partial charge on any atom is 0.416 e. The highest BCUT2D eigenvalue weighted by atomic mass is 19.4. The number of pyridine rings is 1. The number of benzene rings is 2. The standard InChI is InChI=1S/C22H19F4N3O2/c1-12-16-3-2-15(22(24,25)26)8-14(16)5-7-29(12)20(30)11-28-19-9-13-4-6-27-21(31)17(13)10-18(19)23/h2-4,6,8-10,12,28H,5,7,11H2,1H3,(H,27,31). The maximum atomic E-state index is 14.4. The molecule has 4 rings (SSSR count). The molecule has 2 heterocycles. The quantitative estimate of drug-likeness (QED) is 0.608. The molecule has 0 spiro atoms. The van der Waals surface area contributed by atoms with Gasteiger partial charge >= 0.3 is 6.18 Å². The summed E-state index contributed by atoms with van der Waals surface area (Å²) in [7, 11) is 0. The van der Waals surface area contributed by atoms with E-state index in [1.807, 2.05) is 0 Å². The number of amides is 1. The second-order valence-corrected chi connectivity index (χ2v) is 7.50. The monoisotopic (exact) mass is 433 g/mol. The first-order chi connectivity index (χ1) is 14.6. The molecular formula is C22H19F4N3O2. The fourth-order valence-corrected chi connectivity index (χ4v) is 3.97. The number of carbonyl (C=O) groups excluding carboxylic acids is 1. The first-order valence-electron chi connectivity index (χ1n) is 9.69. The second kappa shape index (κ2) is 7.72. The number of rotatable bonds is 3. The number of anilines is 1. The molecule has 2 N–H and O–H groups in total. The summed E-state index contributed by atoms with van der Waals surface area (Å²) in [5, 5.41) is 3.50. The number of aromatic nitrogens is 1. The molecule has 3 aromatic rings. The molecule has 9 heteroatoms. The SMILES string of the molecule is CC1c2ccc(C(F)(F)F)cc2CCN1C(=O)CNc1cc2cc[nH]c(=O)c2cc1F. The first-order valence-corrected chi connectivity index (χ1v) is 9.69. The molecule has 0 radical (unpaired) electrons. The van der Waals surface area contributed by atoms with Crippen LogP contribution in [0.4, 0.5) is 23.2 Å². The molecule has 0 saturated heterocycles. The molecule has 1 atom stereocenters. The summed E-state index contributed by atoms with van der Waals surface area (Å²) in [4.78, 5) is 28.5. The van der Waals surface area contributed by atoms with E-state index >= 15 is 0 Å². The number of nitrogens with one attached hydrogen (secondary N) is 2. The number of hydrogen-bond donors (Lipinski definition) is 2. The topological polar surface area (TPSA) is 65.2 Å². The van der Waals surface area contributed by atoms with Crippen LogP contribution in [0, 0.1) is 5.82 Å². The fourth-order valence-electron chi connectivity index (χ4n) is 3.97. The molecule has 0 bridgehead atoms. The van der Waals surface area contributed by atoms with Crippen molar-refractivity contribution in [3.63, 3.8) is 0 Å². The summed E-state index contributed by atoms with van der Waals surface area (Å²) in [6.07, 6.45) is -2.65. The summed E-state index contributed by atoms with van der Waals surface area (Å²) in [6, 6.07) is 7.37. The molecular weight excluding hydrogens is 414 g/mol. The van der Waals surface area contributed by atoms with Gasteiger partial charge in [0.05, 0.1) is 29.2 Å². The van der Waals surface area contributed by atoms with Gasteiger partial charge in [0.2, 0.25) is 5.91 Å². The van der Waals surface area contributed by atoms with Crippen LogP contribution in [0.5, 0.6) is 0 Å². The zero-order valence-corrected chi connectivity index (χ0v) is 16.5. The Morgan fingerprint density at radius 1 is 1.23 bits per heavy atom. The lowest BCUT2D eigenvalue weighted by molar-refractivity contribution is -0.138. The molecule has 1 aliphatic heterocycles. The summed E-state index contributed by atoms with van der Waals surface area (Å²) in [5.74, 6) is -0.961. The molecule has 1 unspecified atom stereocenters. The van der Waals surface area contributed by atoms with Gasteiger partial charge in [-0.1, -0.05) is 6.07 Å². The Labute approximate surface area is 174 Å². The highest BCUT2D eigenvalue weighted by molar-refractivity contribution is 5.87. The average Bonchev–Trinajstić information content (AvgIpc) is 2.72. The van der Waals surface area contributed by atoms with Crippen molar-refractivity contribution in [2.45, 2.75) is 25.6 Å². The zero-order valence-electron chi connectivity index (χ0n) is 16.5. The molecule has 0 fully saturated rings. The summed E-state index contributed by atoms with van der Waals surface area (Å²) >= 11 is 0. The molecule has 5 nitrogen and oxygen atoms in total. The molecule has 2 aromatic carbocycles. The third-order valence-electron chi connectivity index (χ3n) is 5.62. The van der Waals surface area contributed by atoms with E-state index in [2.05, 4.69) is 10.3 Å². The number of nitrogens with zero attached hydrogens (tertiary/aromatic N) is 1. The minimum Gasteiger partial charge on any atom is -0.374 e. The number of aromatic amines is 1. The number of carbonyl (C=O) groups is 1. The second-order valence-electron chi connectivity index (χ2n) is 7.50. The summed E-state index contributed by atoms with van der Waals surface area (Å²) in [5.41, 5.74) is 0.221. The van der Waals surface area contributed by atoms with Crippen molar-refractivity contribution in [3.05, 3.63) is 75.5 Å². The van der Waals surface area contributed by atoms with Gasteiger partial charge in [-0.3, -0.25) is 9.59 Å². The number of H-pyrrole nitrogens is 1. The van der Waals surface area contributed by atoms with Gasteiger partial charge in [0, 0.05) is 12.7 Å². The van der Waals surface area contributed by atoms with Crippen molar-refractivity contribution in [2.75, 3.05) is 18.4 Å². The highest BCUT2D eigenvalue weighted by Gasteiger charge is 2.33. The van der Waals surface area contributed by atoms with E-state index < -0.39 is 29.2 Å². The number of halogens is 4. The minimum atomic E-state index is -4.41. The van der Waals surface area contributed by atoms with Crippen molar-refractivity contribution in [3.8, 4) is 0 Å². The van der Waals surface area contributed by atoms with E-state index in [-0.39, 0.29) is 30.1 Å². The summed E-state index contributed by atoms with van der Waals surface area (Å²) in [6.45, 7) is 1.84. The van der Waals surface area contributed by atoms with E-state index in [0.29, 0.717) is 22.9 Å². The first kappa shape index (κ1) is 20.9. The Balaban J connectivity index is 1.49. The third kappa shape index (κ3) is 3.99. The van der Waals surface area contributed by atoms with Crippen molar-refractivity contribution in [2.24, 2.45) is 0 Å². The fraction of sp³-hybridized carbons (Fsp3) is 0.273. The molecule has 0 saturated carbocycles. The Bertz CT molecular complexity index is 1220. The smallest absolute Gasteiger partial charge is 0.374 e. The maximum absolute atomic E-state index is 14.4. The van der Waals surface area contributed by atoms with Gasteiger partial charge in [0.1, 0.15) is 5.82 Å². The number of fused-ring (bicyclic) bond motifs is 2. The molecule has 31 heavy (non-hydrogen) atoms. The van der Waals surface area contributed by atoms with Gasteiger partial charge in [-0.2, -0.15) is 13.2 Å². The Kier molecular flexibility index (Phi) is 5.20. The summed E-state index contributed by atoms with van der Waals surface area (Å²) < 4.78 is 53.2. The molecule has 1 aromatic heterocycles. The normalized spacial score (nSPS) is 16.3. The Morgan fingerprint density at radius 2 is 2.00 bits per heavy atom. The number of hydrogen-bond acceptors (Lipinski definition) is 3. The predicted octanol–water partition coefficient (Wildman–Crippen LogP) is 4.24. The van der Waals surface area contributed by atoms with Crippen LogP contribution >= 0.6 is 0 Å². The molecule has 1 amide bonds. The molecule has 0 aliphatic carbocycles. The van der Waals surface area contributed by atoms with Crippen LogP contribution < -0.4 is 10.9 Å². The van der Waals surface area contributed by atoms with E-state index in [0.717, 1.165) is 18.2 Å². The van der Waals surface area contributed by atoms with E-state index in [4.69, 9.17) is 0 Å². The van der Waals surface area contributed by atoms with Crippen molar-refractivity contribution < 1.29 is 22.4 Å². The van der Waals surface area contributed by atoms with E-state index in [1.165, 1.54) is 18.3 Å². The zero-order chi connectivity index (χ0) is 22.3. The van der Waals surface area contributed by atoms with Crippen LogP contribution in [-0.2, 0) is 17.4 Å². The minimum absolute atomic E-state index is 0.0892. The molecule has 162 valence electrons. The largest absolute Gasteiger partial charge is 0.416 e. The van der Waals surface area contributed by atoms with Crippen LogP contribution in [0.2, 0.25) is 0 Å². The van der Waals surface area contributed by atoms with Crippen molar-refractivity contribution in [1.82, 2.24) is 9.88 Å². The lowest BCUT2D eigenvalue weighted by atomic mass is 9.91. The van der Waals surface area contributed by atoms with Crippen molar-refractivity contribution >= 4 is 22.4 Å². The van der Waals surface area contributed by atoms with Gasteiger partial charge < -0.3 is 15.2 Å². The Hall–Kier alpha value is -3.36. The predicted molar refractivity (Wildman–Crippen MR) is 108 cm³/mol. The van der Waals surface area contributed by atoms with Gasteiger partial charge in [0.25, 0.3) is 5.56 Å². The van der Waals surface area contributed by atoms with Crippen LogP contribution in [-0.4, -0.2) is 28.9 Å². The number of alkyl halides is 3. The third-order valence-corrected chi connectivity index (χ3v) is 5.62. The van der Waals surface area contributed by atoms with Crippen LogP contribution in [0.3, 0.4) is 0 Å². The van der Waals surface area contributed by atoms with Crippen LogP contribution in [0.25, 0.3) is 10.8 Å². The van der Waals surface area contributed by atoms with Gasteiger partial charge in [-0.15, -0.1) is 0 Å². The van der Waals surface area contributed by atoms with Gasteiger partial charge in [-0.05, 0) is 60.2 Å². The van der Waals surface area contributed by atoms with Crippen LogP contribution in [0.15, 0.2) is 47.4 Å². The Morgan fingerprint density at radius 3 is 2.74 bits per heavy atom. The molecule has 1 aliphatic rings. The lowest BCUT2D eigenvalue weighted by Gasteiger charge is -2.35. The van der Waals surface area contributed by atoms with E-state index in [9.17, 15) is 27.2 Å². The van der Waals surface area contributed by atoms with Crippen molar-refractivity contribution in [1.29, 1.82) is 0 Å². The van der Waals surface area contributed by atoms with Crippen LogP contribution in [0.1, 0.15) is 29.7 Å².